The molecule has 4 aromatic carbocycles. The number of benzene rings is 4. The molecular weight excluding hydrogens is 624 g/mol. The minimum atomic E-state index is 0.355. The molecule has 0 atom stereocenters. The minimum absolute atomic E-state index is 0.355. The van der Waals surface area contributed by atoms with E-state index in [4.69, 9.17) is 17.3 Å². The van der Waals surface area contributed by atoms with Crippen LogP contribution in [0, 0.1) is 13.8 Å². The Labute approximate surface area is 296 Å². The first-order valence-corrected chi connectivity index (χ1v) is 16.9. The molecule has 5 N–H and O–H groups in total. The summed E-state index contributed by atoms with van der Waals surface area (Å²) in [4.78, 5) is 8.41. The van der Waals surface area contributed by atoms with Gasteiger partial charge in [0.05, 0.1) is 11.4 Å². The second-order valence-corrected chi connectivity index (χ2v) is 12.7. The first-order valence-electron chi connectivity index (χ1n) is 16.5. The molecule has 7 heteroatoms. The monoisotopic (exact) mass is 670 g/mol. The van der Waals surface area contributed by atoms with Gasteiger partial charge in [-0.2, -0.15) is 0 Å². The van der Waals surface area contributed by atoms with Crippen LogP contribution in [0.25, 0.3) is 22.3 Å². The SMILES string of the molecule is CC(C)Nc1cccnc1Cl.Cc1ccccc1-c1cccc(N)c1.Cc1ccccc1-c1cccc(Nc2ncccc2NC(C)C)c1. The highest BCUT2D eigenvalue weighted by molar-refractivity contribution is 6.31. The van der Waals surface area contributed by atoms with Crippen LogP contribution in [0.2, 0.25) is 5.15 Å². The van der Waals surface area contributed by atoms with E-state index in [9.17, 15) is 0 Å². The average Bonchev–Trinajstić information content (AvgIpc) is 3.07. The van der Waals surface area contributed by atoms with Gasteiger partial charge < -0.3 is 21.7 Å². The zero-order chi connectivity index (χ0) is 35.2. The van der Waals surface area contributed by atoms with E-state index in [1.165, 1.54) is 33.4 Å². The Balaban J connectivity index is 0.000000183. The number of pyridine rings is 2. The van der Waals surface area contributed by atoms with Gasteiger partial charge >= 0.3 is 0 Å². The van der Waals surface area contributed by atoms with Gasteiger partial charge in [-0.1, -0.05) is 84.4 Å². The van der Waals surface area contributed by atoms with Crippen LogP contribution in [0.4, 0.5) is 28.6 Å². The van der Waals surface area contributed by atoms with Crippen molar-refractivity contribution in [2.24, 2.45) is 0 Å². The molecule has 0 saturated carbocycles. The summed E-state index contributed by atoms with van der Waals surface area (Å²) < 4.78 is 0. The third kappa shape index (κ3) is 11.4. The van der Waals surface area contributed by atoms with E-state index in [0.717, 1.165) is 28.6 Å². The molecule has 0 saturated heterocycles. The van der Waals surface area contributed by atoms with Gasteiger partial charge in [0.15, 0.2) is 11.0 Å². The van der Waals surface area contributed by atoms with Crippen molar-refractivity contribution in [2.45, 2.75) is 53.6 Å². The number of aryl methyl sites for hydroxylation is 2. The predicted octanol–water partition coefficient (Wildman–Crippen LogP) is 11.4. The third-order valence-corrected chi connectivity index (χ3v) is 7.68. The number of nitrogens with two attached hydrogens (primary N) is 1. The van der Waals surface area contributed by atoms with Gasteiger partial charge in [0.25, 0.3) is 0 Å². The van der Waals surface area contributed by atoms with Crippen molar-refractivity contribution in [3.63, 3.8) is 0 Å². The molecule has 0 bridgehead atoms. The highest BCUT2D eigenvalue weighted by atomic mass is 35.5. The van der Waals surface area contributed by atoms with Crippen LogP contribution < -0.4 is 21.7 Å². The molecule has 0 aliphatic rings. The Morgan fingerprint density at radius 1 is 0.571 bits per heavy atom. The van der Waals surface area contributed by atoms with E-state index in [1.807, 2.05) is 54.6 Å². The average molecular weight is 671 g/mol. The van der Waals surface area contributed by atoms with Crippen LogP contribution in [0.15, 0.2) is 134 Å². The van der Waals surface area contributed by atoms with Crippen molar-refractivity contribution >= 4 is 40.2 Å². The fraction of sp³-hybridized carbons (Fsp3) is 0.190. The summed E-state index contributed by atoms with van der Waals surface area (Å²) in [7, 11) is 0. The lowest BCUT2D eigenvalue weighted by molar-refractivity contribution is 0.898. The Morgan fingerprint density at radius 2 is 1.10 bits per heavy atom. The van der Waals surface area contributed by atoms with E-state index in [1.54, 1.807) is 12.4 Å². The molecule has 6 rings (SSSR count). The standard InChI is InChI=1S/C21H23N3.C13H13N.C8H11ClN2/c1-15(2)23-20-12-7-13-22-21(20)24-18-10-6-9-17(14-18)19-11-5-4-8-16(19)3;1-10-5-2-3-8-13(10)11-6-4-7-12(14)9-11;1-6(2)11-7-4-3-5-10-8(7)9/h4-15,23H,1-3H3,(H,22,24);2-9H,14H2,1H3;3-6,11H,1-2H3. The molecule has 2 aromatic heterocycles. The molecular formula is C42H47ClN6. The maximum Gasteiger partial charge on any atom is 0.153 e. The lowest BCUT2D eigenvalue weighted by Crippen LogP contribution is -2.11. The van der Waals surface area contributed by atoms with Crippen LogP contribution >= 0.6 is 11.6 Å². The summed E-state index contributed by atoms with van der Waals surface area (Å²) in [5.74, 6) is 0.841. The van der Waals surface area contributed by atoms with Crippen molar-refractivity contribution in [2.75, 3.05) is 21.7 Å². The molecule has 0 aliphatic heterocycles. The van der Waals surface area contributed by atoms with Crippen molar-refractivity contribution in [1.29, 1.82) is 0 Å². The summed E-state index contributed by atoms with van der Waals surface area (Å²) >= 11 is 5.79. The number of nitrogens with zero attached hydrogens (tertiary/aromatic N) is 2. The molecule has 0 fully saturated rings. The van der Waals surface area contributed by atoms with Crippen LogP contribution in [-0.4, -0.2) is 22.1 Å². The summed E-state index contributed by atoms with van der Waals surface area (Å²) in [6, 6.07) is 41.7. The summed E-state index contributed by atoms with van der Waals surface area (Å²) in [5, 5.41) is 10.6. The Kier molecular flexibility index (Phi) is 13.6. The number of nitrogens with one attached hydrogen (secondary N) is 3. The van der Waals surface area contributed by atoms with Crippen LogP contribution in [0.5, 0.6) is 0 Å². The molecule has 49 heavy (non-hydrogen) atoms. The second-order valence-electron chi connectivity index (χ2n) is 12.3. The molecule has 6 aromatic rings. The van der Waals surface area contributed by atoms with Crippen molar-refractivity contribution in [3.05, 3.63) is 150 Å². The van der Waals surface area contributed by atoms with E-state index >= 15 is 0 Å². The lowest BCUT2D eigenvalue weighted by atomic mass is 10.0. The number of aromatic nitrogens is 2. The molecule has 0 spiro atoms. The highest BCUT2D eigenvalue weighted by Crippen LogP contribution is 2.29. The normalized spacial score (nSPS) is 10.4. The maximum atomic E-state index is 5.79. The molecule has 2 heterocycles. The van der Waals surface area contributed by atoms with Crippen molar-refractivity contribution < 1.29 is 0 Å². The summed E-state index contributed by atoms with van der Waals surface area (Å²) in [6.07, 6.45) is 3.48. The fourth-order valence-electron chi connectivity index (χ4n) is 5.14. The van der Waals surface area contributed by atoms with Gasteiger partial charge in [0, 0.05) is 35.9 Å². The van der Waals surface area contributed by atoms with Gasteiger partial charge in [-0.3, -0.25) is 0 Å². The summed E-state index contributed by atoms with van der Waals surface area (Å²) in [6.45, 7) is 12.6. The Morgan fingerprint density at radius 3 is 1.67 bits per heavy atom. The van der Waals surface area contributed by atoms with E-state index in [0.29, 0.717) is 17.2 Å². The largest absolute Gasteiger partial charge is 0.399 e. The molecule has 0 amide bonds. The van der Waals surface area contributed by atoms with E-state index < -0.39 is 0 Å². The first-order chi connectivity index (χ1) is 23.6. The third-order valence-electron chi connectivity index (χ3n) is 7.38. The predicted molar refractivity (Wildman–Crippen MR) is 212 cm³/mol. The number of halogens is 1. The van der Waals surface area contributed by atoms with Crippen molar-refractivity contribution in [3.8, 4) is 22.3 Å². The number of rotatable bonds is 8. The van der Waals surface area contributed by atoms with Crippen LogP contribution in [-0.2, 0) is 0 Å². The molecule has 252 valence electrons. The zero-order valence-corrected chi connectivity index (χ0v) is 30.0. The molecule has 0 aliphatic carbocycles. The minimum Gasteiger partial charge on any atom is -0.399 e. The zero-order valence-electron chi connectivity index (χ0n) is 29.2. The second kappa shape index (κ2) is 18.3. The van der Waals surface area contributed by atoms with E-state index in [2.05, 4.69) is 134 Å². The molecule has 6 nitrogen and oxygen atoms in total. The summed E-state index contributed by atoms with van der Waals surface area (Å²) in [5.41, 5.74) is 16.9. The fourth-order valence-corrected chi connectivity index (χ4v) is 5.31. The van der Waals surface area contributed by atoms with Gasteiger partial charge in [-0.05, 0) is 123 Å². The number of hydrogen-bond donors (Lipinski definition) is 4. The van der Waals surface area contributed by atoms with Gasteiger partial charge in [0.2, 0.25) is 0 Å². The van der Waals surface area contributed by atoms with Crippen LogP contribution in [0.3, 0.4) is 0 Å². The highest BCUT2D eigenvalue weighted by Gasteiger charge is 2.07. The molecule has 0 unspecified atom stereocenters. The van der Waals surface area contributed by atoms with Crippen molar-refractivity contribution in [1.82, 2.24) is 9.97 Å². The van der Waals surface area contributed by atoms with Crippen LogP contribution in [0.1, 0.15) is 38.8 Å². The number of hydrogen-bond acceptors (Lipinski definition) is 6. The Bertz CT molecular complexity index is 1920. The Hall–Kier alpha value is -5.33. The van der Waals surface area contributed by atoms with Gasteiger partial charge in [0.1, 0.15) is 0 Å². The maximum absolute atomic E-state index is 5.79. The first kappa shape index (κ1) is 36.5. The number of anilines is 5. The quantitative estimate of drug-likeness (QED) is 0.0952. The van der Waals surface area contributed by atoms with Gasteiger partial charge in [-0.25, -0.2) is 9.97 Å². The lowest BCUT2D eigenvalue weighted by Gasteiger charge is -2.15. The smallest absolute Gasteiger partial charge is 0.153 e. The molecule has 0 radical (unpaired) electrons. The van der Waals surface area contributed by atoms with E-state index in [-0.39, 0.29) is 0 Å². The number of nitrogen functional groups attached to an aromatic ring is 1. The topological polar surface area (TPSA) is 87.9 Å². The van der Waals surface area contributed by atoms with Gasteiger partial charge in [-0.15, -0.1) is 0 Å².